The Morgan fingerprint density at radius 3 is 2.92 bits per heavy atom. The lowest BCUT2D eigenvalue weighted by molar-refractivity contribution is 0.0984. The highest BCUT2D eigenvalue weighted by atomic mass is 35.5. The van der Waals surface area contributed by atoms with Crippen molar-refractivity contribution in [1.29, 1.82) is 0 Å². The summed E-state index contributed by atoms with van der Waals surface area (Å²) in [5.74, 6) is 0.187. The maximum absolute atomic E-state index is 11.5. The molecule has 72 valence electrons. The minimum absolute atomic E-state index is 0.187. The Balaban J connectivity index is 2.40. The second-order valence-corrected chi connectivity index (χ2v) is 4.45. The molecule has 0 unspecified atom stereocenters. The van der Waals surface area contributed by atoms with Gasteiger partial charge in [0.2, 0.25) is 0 Å². The maximum atomic E-state index is 11.5. The summed E-state index contributed by atoms with van der Waals surface area (Å²) in [6, 6.07) is 3.55. The molecule has 1 heterocycles. The summed E-state index contributed by atoms with van der Waals surface area (Å²) in [4.78, 5) is 12.2. The lowest BCUT2D eigenvalue weighted by Crippen LogP contribution is -2.09. The highest BCUT2D eigenvalue weighted by molar-refractivity contribution is 7.18. The number of rotatable bonds is 5. The molecular formula is C9H12ClNOS. The van der Waals surface area contributed by atoms with E-state index < -0.39 is 0 Å². The molecule has 4 heteroatoms. The van der Waals surface area contributed by atoms with E-state index in [1.54, 1.807) is 12.1 Å². The molecule has 0 aliphatic carbocycles. The molecule has 1 aromatic heterocycles. The van der Waals surface area contributed by atoms with E-state index in [9.17, 15) is 4.79 Å². The van der Waals surface area contributed by atoms with Crippen LogP contribution in [0.5, 0.6) is 0 Å². The van der Waals surface area contributed by atoms with Crippen LogP contribution in [0.2, 0.25) is 4.34 Å². The first-order valence-electron chi connectivity index (χ1n) is 4.17. The van der Waals surface area contributed by atoms with E-state index in [-0.39, 0.29) is 5.78 Å². The van der Waals surface area contributed by atoms with Gasteiger partial charge in [-0.25, -0.2) is 0 Å². The van der Waals surface area contributed by atoms with Gasteiger partial charge in [-0.05, 0) is 32.1 Å². The smallest absolute Gasteiger partial charge is 0.172 e. The molecule has 0 saturated carbocycles. The van der Waals surface area contributed by atoms with E-state index in [0.29, 0.717) is 10.8 Å². The maximum Gasteiger partial charge on any atom is 0.172 e. The van der Waals surface area contributed by atoms with E-state index >= 15 is 0 Å². The molecule has 0 aliphatic heterocycles. The van der Waals surface area contributed by atoms with Crippen molar-refractivity contribution in [3.63, 3.8) is 0 Å². The largest absolute Gasteiger partial charge is 0.320 e. The molecule has 0 saturated heterocycles. The van der Waals surface area contributed by atoms with E-state index in [1.807, 2.05) is 7.05 Å². The molecule has 2 nitrogen and oxygen atoms in total. The quantitative estimate of drug-likeness (QED) is 0.607. The van der Waals surface area contributed by atoms with Crippen LogP contribution in [0.1, 0.15) is 22.5 Å². The van der Waals surface area contributed by atoms with Crippen molar-refractivity contribution in [2.45, 2.75) is 12.8 Å². The first-order valence-corrected chi connectivity index (χ1v) is 5.36. The first kappa shape index (κ1) is 10.7. The zero-order chi connectivity index (χ0) is 9.68. The van der Waals surface area contributed by atoms with Crippen LogP contribution < -0.4 is 5.32 Å². The molecule has 0 bridgehead atoms. The Morgan fingerprint density at radius 1 is 1.62 bits per heavy atom. The van der Waals surface area contributed by atoms with Crippen molar-refractivity contribution in [3.8, 4) is 0 Å². The van der Waals surface area contributed by atoms with E-state index in [0.717, 1.165) is 17.8 Å². The zero-order valence-corrected chi connectivity index (χ0v) is 9.04. The molecule has 13 heavy (non-hydrogen) atoms. The fraction of sp³-hybridized carbons (Fsp3) is 0.444. The monoisotopic (exact) mass is 217 g/mol. The Morgan fingerprint density at radius 2 is 2.38 bits per heavy atom. The van der Waals surface area contributed by atoms with Crippen LogP contribution >= 0.6 is 22.9 Å². The number of hydrogen-bond acceptors (Lipinski definition) is 3. The molecule has 0 amide bonds. The molecule has 0 aromatic carbocycles. The van der Waals surface area contributed by atoms with Gasteiger partial charge in [0.1, 0.15) is 0 Å². The molecule has 0 atom stereocenters. The van der Waals surface area contributed by atoms with Crippen LogP contribution in [0.25, 0.3) is 0 Å². The zero-order valence-electron chi connectivity index (χ0n) is 7.47. The van der Waals surface area contributed by atoms with Crippen LogP contribution in [0.3, 0.4) is 0 Å². The molecule has 1 rings (SSSR count). The molecule has 1 aromatic rings. The summed E-state index contributed by atoms with van der Waals surface area (Å²) < 4.78 is 0.678. The summed E-state index contributed by atoms with van der Waals surface area (Å²) in [6.07, 6.45) is 1.47. The minimum atomic E-state index is 0.187. The van der Waals surface area contributed by atoms with Gasteiger partial charge in [-0.2, -0.15) is 0 Å². The Bertz CT molecular complexity index is 285. The van der Waals surface area contributed by atoms with Gasteiger partial charge < -0.3 is 5.32 Å². The fourth-order valence-electron chi connectivity index (χ4n) is 1.01. The predicted octanol–water partition coefficient (Wildman–Crippen LogP) is 2.58. The van der Waals surface area contributed by atoms with Crippen LogP contribution in [-0.4, -0.2) is 19.4 Å². The number of carbonyl (C=O) groups excluding carboxylic acids is 1. The highest BCUT2D eigenvalue weighted by Crippen LogP contribution is 2.22. The van der Waals surface area contributed by atoms with Gasteiger partial charge in [0.25, 0.3) is 0 Å². The van der Waals surface area contributed by atoms with Gasteiger partial charge in [-0.15, -0.1) is 11.3 Å². The lowest BCUT2D eigenvalue weighted by Gasteiger charge is -1.97. The van der Waals surface area contributed by atoms with Crippen LogP contribution in [0, 0.1) is 0 Å². The third-order valence-corrected chi connectivity index (χ3v) is 2.95. The third-order valence-electron chi connectivity index (χ3n) is 1.68. The Hall–Kier alpha value is -0.380. The van der Waals surface area contributed by atoms with Gasteiger partial charge in [0, 0.05) is 6.42 Å². The molecule has 0 spiro atoms. The summed E-state index contributed by atoms with van der Waals surface area (Å²) in [6.45, 7) is 0.880. The second kappa shape index (κ2) is 5.37. The summed E-state index contributed by atoms with van der Waals surface area (Å²) in [5, 5.41) is 3.00. The van der Waals surface area contributed by atoms with Crippen molar-refractivity contribution in [2.24, 2.45) is 0 Å². The summed E-state index contributed by atoms with van der Waals surface area (Å²) in [7, 11) is 1.88. The van der Waals surface area contributed by atoms with Gasteiger partial charge in [0.05, 0.1) is 9.21 Å². The van der Waals surface area contributed by atoms with Crippen molar-refractivity contribution < 1.29 is 4.79 Å². The number of nitrogens with one attached hydrogen (secondary N) is 1. The number of halogens is 1. The second-order valence-electron chi connectivity index (χ2n) is 2.73. The predicted molar refractivity (Wildman–Crippen MR) is 56.8 cm³/mol. The van der Waals surface area contributed by atoms with Crippen molar-refractivity contribution in [2.75, 3.05) is 13.6 Å². The van der Waals surface area contributed by atoms with Crippen LogP contribution in [0.15, 0.2) is 12.1 Å². The van der Waals surface area contributed by atoms with Gasteiger partial charge in [-0.1, -0.05) is 11.6 Å². The van der Waals surface area contributed by atoms with Gasteiger partial charge >= 0.3 is 0 Å². The number of Topliss-reactive ketones (excluding diaryl/α,β-unsaturated/α-hetero) is 1. The molecule has 0 fully saturated rings. The SMILES string of the molecule is CNCCCC(=O)c1ccc(Cl)s1. The summed E-state index contributed by atoms with van der Waals surface area (Å²) >= 11 is 7.07. The number of hydrogen-bond donors (Lipinski definition) is 1. The normalized spacial score (nSPS) is 10.3. The summed E-state index contributed by atoms with van der Waals surface area (Å²) in [5.41, 5.74) is 0. The fourth-order valence-corrected chi connectivity index (χ4v) is 2.02. The Labute approximate surface area is 86.9 Å². The number of carbonyl (C=O) groups is 1. The Kier molecular flexibility index (Phi) is 4.42. The number of thiophene rings is 1. The molecule has 1 N–H and O–H groups in total. The molecular weight excluding hydrogens is 206 g/mol. The average Bonchev–Trinajstić information content (AvgIpc) is 2.52. The van der Waals surface area contributed by atoms with Crippen LogP contribution in [0.4, 0.5) is 0 Å². The van der Waals surface area contributed by atoms with Crippen molar-refractivity contribution in [1.82, 2.24) is 5.32 Å². The van der Waals surface area contributed by atoms with Gasteiger partial charge in [0.15, 0.2) is 5.78 Å². The highest BCUT2D eigenvalue weighted by Gasteiger charge is 2.07. The minimum Gasteiger partial charge on any atom is -0.320 e. The first-order chi connectivity index (χ1) is 6.24. The van der Waals surface area contributed by atoms with E-state index in [4.69, 9.17) is 11.6 Å². The van der Waals surface area contributed by atoms with E-state index in [2.05, 4.69) is 5.32 Å². The lowest BCUT2D eigenvalue weighted by atomic mass is 10.2. The van der Waals surface area contributed by atoms with Crippen LogP contribution in [-0.2, 0) is 0 Å². The third kappa shape index (κ3) is 3.46. The average molecular weight is 218 g/mol. The van der Waals surface area contributed by atoms with Crippen molar-refractivity contribution >= 4 is 28.7 Å². The molecule has 0 radical (unpaired) electrons. The van der Waals surface area contributed by atoms with E-state index in [1.165, 1.54) is 11.3 Å². The van der Waals surface area contributed by atoms with Crippen molar-refractivity contribution in [3.05, 3.63) is 21.3 Å². The standard InChI is InChI=1S/C9H12ClNOS/c1-11-6-2-3-7(12)8-4-5-9(10)13-8/h4-5,11H,2-3,6H2,1H3. The molecule has 0 aliphatic rings. The topological polar surface area (TPSA) is 29.1 Å². The number of ketones is 1. The van der Waals surface area contributed by atoms with Gasteiger partial charge in [-0.3, -0.25) is 4.79 Å².